The molecule has 0 saturated carbocycles. The van der Waals surface area contributed by atoms with E-state index in [0.717, 1.165) is 37.4 Å². The maximum Gasteiger partial charge on any atom is 0.0283 e. The molecule has 1 aromatic carbocycles. The molecule has 5 nitrogen and oxygen atoms in total. The minimum absolute atomic E-state index is 0. The van der Waals surface area contributed by atoms with Gasteiger partial charge < -0.3 is 24.6 Å². The molecule has 17 heteroatoms. The number of pyridine rings is 1. The summed E-state index contributed by atoms with van der Waals surface area (Å²) in [7, 11) is 41.7. The van der Waals surface area contributed by atoms with E-state index in [-0.39, 0.29) is 21.1 Å². The Morgan fingerprint density at radius 2 is 1.22 bits per heavy atom. The maximum atomic E-state index is 6.18. The number of aromatic nitrogens is 1. The van der Waals surface area contributed by atoms with Gasteiger partial charge in [0.2, 0.25) is 0 Å². The smallest absolute Gasteiger partial charge is 0.0283 e. The Morgan fingerprint density at radius 1 is 0.717 bits per heavy atom. The zero-order valence-corrected chi connectivity index (χ0v) is 29.5. The van der Waals surface area contributed by atoms with Crippen LogP contribution in [0.15, 0.2) is 67.4 Å². The van der Waals surface area contributed by atoms with Crippen molar-refractivity contribution in [2.45, 2.75) is 51.1 Å². The minimum Gasteiger partial charge on any atom is -0.508 e. The fourth-order valence-electron chi connectivity index (χ4n) is 5.46. The van der Waals surface area contributed by atoms with Gasteiger partial charge in [0, 0.05) is 107 Å². The molecule has 2 aliphatic heterocycles. The van der Waals surface area contributed by atoms with Gasteiger partial charge in [0.15, 0.2) is 0 Å². The standard InChI is InChI=1S/C17H30N4.C12H7B11N.Pt/c1-3-5-8-18-12-14-20(16-18)10-7-11-21-15-13-19(17-21)9-6-4-2;13-20(14)12(21(15)16,22(17)23(18)19)10-6-4-9(5-7-10)11-3-1-2-8-24-11;/h12-17H,3-11H2,1-2H3;1-4,6-8H;/q-2;-1;. The Morgan fingerprint density at radius 3 is 1.59 bits per heavy atom. The first-order valence-electron chi connectivity index (χ1n) is 16.0. The van der Waals surface area contributed by atoms with Crippen LogP contribution < -0.4 is 0 Å². The molecule has 14 radical (unpaired) electrons. The largest absolute Gasteiger partial charge is 0.508 e. The van der Waals surface area contributed by atoms with Crippen molar-refractivity contribution in [1.82, 2.24) is 24.6 Å². The predicted molar refractivity (Wildman–Crippen MR) is 202 cm³/mol. The molecule has 0 amide bonds. The molecule has 224 valence electrons. The van der Waals surface area contributed by atoms with Crippen LogP contribution in [0.3, 0.4) is 0 Å². The van der Waals surface area contributed by atoms with Gasteiger partial charge in [-0.25, -0.2) is 0 Å². The SMILES string of the molecule is CCCCN1C=CN(CCCN2C=CN(CCCC)[CH-]2)[CH-]1.[B]B([B])B([B])C(B([B])[B])(B([B])[B])c1c[c-]c(-c2ccccn2)cc1.[Pt]. The van der Waals surface area contributed by atoms with Crippen LogP contribution in [0.5, 0.6) is 0 Å². The molecule has 0 atom stereocenters. The Bertz CT molecular complexity index is 1140. The number of nitrogens with zero attached hydrogens (tertiary/aromatic N) is 5. The van der Waals surface area contributed by atoms with Crippen LogP contribution in [0.1, 0.15) is 51.5 Å². The fourth-order valence-corrected chi connectivity index (χ4v) is 5.46. The van der Waals surface area contributed by atoms with Gasteiger partial charge >= 0.3 is 0 Å². The van der Waals surface area contributed by atoms with Crippen LogP contribution in [0, 0.1) is 19.4 Å². The van der Waals surface area contributed by atoms with Crippen LogP contribution >= 0.6 is 0 Å². The van der Waals surface area contributed by atoms with Crippen molar-refractivity contribution in [1.29, 1.82) is 0 Å². The van der Waals surface area contributed by atoms with Gasteiger partial charge in [-0.3, -0.25) is 0 Å². The monoisotopic (exact) mass is 771 g/mol. The summed E-state index contributed by atoms with van der Waals surface area (Å²) in [6, 6.07) is 14.1. The molecule has 2 aliphatic rings. The van der Waals surface area contributed by atoms with Gasteiger partial charge in [0.05, 0.1) is 0 Å². The van der Waals surface area contributed by atoms with Crippen LogP contribution in [-0.2, 0) is 26.2 Å². The zero-order chi connectivity index (χ0) is 32.8. The molecule has 0 saturated heterocycles. The van der Waals surface area contributed by atoms with Crippen molar-refractivity contribution < 1.29 is 21.1 Å². The topological polar surface area (TPSA) is 25.9 Å². The molecule has 1 aromatic heterocycles. The van der Waals surface area contributed by atoms with E-state index < -0.39 is 31.0 Å². The Labute approximate surface area is 305 Å². The van der Waals surface area contributed by atoms with Gasteiger partial charge in [-0.2, -0.15) is 13.3 Å². The number of hydrogen-bond donors (Lipinski definition) is 0. The molecule has 0 unspecified atom stereocenters. The summed E-state index contributed by atoms with van der Waals surface area (Å²) in [6.45, 7) is 10.6. The number of rotatable bonds is 16. The molecule has 2 aromatic rings. The Hall–Kier alpha value is -1.55. The zero-order valence-electron chi connectivity index (χ0n) is 27.3. The first-order valence-corrected chi connectivity index (χ1v) is 16.0. The van der Waals surface area contributed by atoms with Crippen molar-refractivity contribution in [3.63, 3.8) is 0 Å². The van der Waals surface area contributed by atoms with E-state index in [4.69, 9.17) is 54.2 Å². The van der Waals surface area contributed by atoms with Gasteiger partial charge in [-0.15, -0.1) is 40.5 Å². The molecular formula is C29H37B11N5Pt-3. The molecule has 46 heavy (non-hydrogen) atoms. The van der Waals surface area contributed by atoms with Crippen LogP contribution in [0.2, 0.25) is 0 Å². The molecule has 0 bridgehead atoms. The Kier molecular flexibility index (Phi) is 18.3. The van der Waals surface area contributed by atoms with Crippen molar-refractivity contribution in [2.24, 2.45) is 0 Å². The second-order valence-electron chi connectivity index (χ2n) is 11.6. The number of hydrogen-bond acceptors (Lipinski definition) is 5. The summed E-state index contributed by atoms with van der Waals surface area (Å²) in [4.78, 5) is 13.5. The van der Waals surface area contributed by atoms with Crippen LogP contribution in [-0.4, -0.2) is 131 Å². The summed E-state index contributed by atoms with van der Waals surface area (Å²) < 4.78 is 0. The van der Waals surface area contributed by atoms with Crippen molar-refractivity contribution in [2.75, 3.05) is 26.2 Å². The molecular weight excluding hydrogens is 732 g/mol. The van der Waals surface area contributed by atoms with E-state index >= 15 is 0 Å². The first-order chi connectivity index (χ1) is 21.6. The van der Waals surface area contributed by atoms with Gasteiger partial charge in [0.25, 0.3) is 0 Å². The number of unbranched alkanes of at least 4 members (excludes halogenated alkanes) is 2. The molecule has 0 N–H and O–H groups in total. The van der Waals surface area contributed by atoms with E-state index in [1.165, 1.54) is 32.1 Å². The normalized spacial score (nSPS) is 13.7. The van der Waals surface area contributed by atoms with Gasteiger partial charge in [-0.05, 0) is 82.0 Å². The summed E-state index contributed by atoms with van der Waals surface area (Å²) in [5, 5.41) is -1.20. The second kappa shape index (κ2) is 20.7. The number of benzene rings is 1. The van der Waals surface area contributed by atoms with Crippen LogP contribution in [0.4, 0.5) is 0 Å². The van der Waals surface area contributed by atoms with E-state index in [1.807, 2.05) is 24.3 Å². The molecule has 3 heterocycles. The summed E-state index contributed by atoms with van der Waals surface area (Å²) in [5.41, 5.74) is 2.21. The van der Waals surface area contributed by atoms with E-state index in [0.29, 0.717) is 5.56 Å². The predicted octanol–water partition coefficient (Wildman–Crippen LogP) is 1.51. The van der Waals surface area contributed by atoms with E-state index in [9.17, 15) is 0 Å². The first kappa shape index (κ1) is 40.6. The summed E-state index contributed by atoms with van der Waals surface area (Å²) >= 11 is 0. The van der Waals surface area contributed by atoms with E-state index in [2.05, 4.69) is 82.6 Å². The summed E-state index contributed by atoms with van der Waals surface area (Å²) in [6.07, 6.45) is 15.7. The second-order valence-corrected chi connectivity index (χ2v) is 11.6. The fraction of sp³-hybridized carbons (Fsp3) is 0.414. The van der Waals surface area contributed by atoms with Crippen molar-refractivity contribution in [3.05, 3.63) is 92.4 Å². The van der Waals surface area contributed by atoms with Gasteiger partial charge in [-0.1, -0.05) is 38.8 Å². The maximum absolute atomic E-state index is 6.18. The van der Waals surface area contributed by atoms with E-state index in [1.54, 1.807) is 18.3 Å². The minimum atomic E-state index is -1.20. The third-order valence-electron chi connectivity index (χ3n) is 8.19. The third-order valence-corrected chi connectivity index (χ3v) is 8.19. The molecule has 4 rings (SSSR count). The van der Waals surface area contributed by atoms with Gasteiger partial charge in [0.1, 0.15) is 0 Å². The Balaban J connectivity index is 0.000000316. The average Bonchev–Trinajstić information content (AvgIpc) is 3.69. The summed E-state index contributed by atoms with van der Waals surface area (Å²) in [5.74, 6) is 0. The van der Waals surface area contributed by atoms with Crippen molar-refractivity contribution in [3.8, 4) is 11.3 Å². The third kappa shape index (κ3) is 11.3. The quantitative estimate of drug-likeness (QED) is 0.191. The van der Waals surface area contributed by atoms with Crippen LogP contribution in [0.25, 0.3) is 11.3 Å². The molecule has 0 aliphatic carbocycles. The molecule has 0 fully saturated rings. The van der Waals surface area contributed by atoms with Crippen molar-refractivity contribution >= 4 is 80.0 Å². The molecule has 0 spiro atoms. The average molecular weight is 770 g/mol.